The Hall–Kier alpha value is -1.06. The van der Waals surface area contributed by atoms with Crippen molar-refractivity contribution in [1.29, 1.82) is 0 Å². The van der Waals surface area contributed by atoms with Crippen molar-refractivity contribution in [1.82, 2.24) is 0 Å². The molecule has 0 saturated carbocycles. The zero-order chi connectivity index (χ0) is 17.2. The summed E-state index contributed by atoms with van der Waals surface area (Å²) in [5.74, 6) is -0.284. The zero-order valence-corrected chi connectivity index (χ0v) is 15.2. The van der Waals surface area contributed by atoms with Gasteiger partial charge in [0.1, 0.15) is 0 Å². The Labute approximate surface area is 137 Å². The molecule has 0 rings (SSSR count). The maximum Gasteiger partial charge on any atom is 0.305 e. The summed E-state index contributed by atoms with van der Waals surface area (Å²) in [4.78, 5) is 20.8. The molecule has 22 heavy (non-hydrogen) atoms. The highest BCUT2D eigenvalue weighted by Gasteiger charge is 1.99. The molecular weight excluding hydrogens is 278 g/mol. The molecule has 0 bridgehead atoms. The zero-order valence-electron chi connectivity index (χ0n) is 15.2. The van der Waals surface area contributed by atoms with Crippen LogP contribution in [-0.2, 0) is 14.3 Å². The molecule has 0 atom stereocenters. The lowest BCUT2D eigenvalue weighted by Crippen LogP contribution is -2.09. The average molecular weight is 315 g/mol. The first-order valence-electron chi connectivity index (χ1n) is 8.91. The van der Waals surface area contributed by atoms with Gasteiger partial charge in [0.05, 0.1) is 6.10 Å². The fourth-order valence-corrected chi connectivity index (χ4v) is 1.96. The summed E-state index contributed by atoms with van der Waals surface area (Å²) >= 11 is 0. The molecule has 0 aromatic carbocycles. The minimum Gasteiger partial charge on any atom is -0.463 e. The molecule has 0 unspecified atom stereocenters. The molecule has 0 radical (unpaired) electrons. The van der Waals surface area contributed by atoms with Crippen molar-refractivity contribution in [2.45, 2.75) is 104 Å². The van der Waals surface area contributed by atoms with Crippen molar-refractivity contribution < 1.29 is 14.3 Å². The topological polar surface area (TPSA) is 69.4 Å². The van der Waals surface area contributed by atoms with Gasteiger partial charge in [-0.2, -0.15) is 0 Å². The number of primary amides is 1. The van der Waals surface area contributed by atoms with E-state index in [1.807, 2.05) is 13.8 Å². The van der Waals surface area contributed by atoms with Gasteiger partial charge in [-0.1, -0.05) is 65.2 Å². The highest BCUT2D eigenvalue weighted by atomic mass is 16.5. The Kier molecular flexibility index (Phi) is 19.0. The van der Waals surface area contributed by atoms with E-state index in [0.29, 0.717) is 12.8 Å². The summed E-state index contributed by atoms with van der Waals surface area (Å²) in [5.41, 5.74) is 5.05. The normalized spacial score (nSPS) is 10.0. The lowest BCUT2D eigenvalue weighted by molar-refractivity contribution is -0.146. The SMILES string of the molecule is CCC(=O)OC(C)C.CCCCCCCCCCCC(N)=O. The van der Waals surface area contributed by atoms with E-state index in [9.17, 15) is 9.59 Å². The van der Waals surface area contributed by atoms with Crippen molar-refractivity contribution in [2.75, 3.05) is 0 Å². The van der Waals surface area contributed by atoms with Crippen LogP contribution in [0.2, 0.25) is 0 Å². The van der Waals surface area contributed by atoms with Crippen molar-refractivity contribution in [3.8, 4) is 0 Å². The number of hydrogen-bond donors (Lipinski definition) is 1. The third-order valence-electron chi connectivity index (χ3n) is 3.18. The minimum atomic E-state index is -0.159. The van der Waals surface area contributed by atoms with Crippen molar-refractivity contribution >= 4 is 11.9 Å². The van der Waals surface area contributed by atoms with Crippen LogP contribution in [0.25, 0.3) is 0 Å². The van der Waals surface area contributed by atoms with Gasteiger partial charge >= 0.3 is 5.97 Å². The number of esters is 1. The average Bonchev–Trinajstić information content (AvgIpc) is 2.45. The first-order chi connectivity index (χ1) is 10.4. The maximum atomic E-state index is 10.4. The van der Waals surface area contributed by atoms with Crippen LogP contribution in [0.4, 0.5) is 0 Å². The number of carbonyl (C=O) groups is 2. The molecule has 0 fully saturated rings. The maximum absolute atomic E-state index is 10.4. The lowest BCUT2D eigenvalue weighted by Gasteiger charge is -2.04. The molecular formula is C18H37NO3. The van der Waals surface area contributed by atoms with Crippen molar-refractivity contribution in [3.63, 3.8) is 0 Å². The van der Waals surface area contributed by atoms with Gasteiger partial charge in [0.25, 0.3) is 0 Å². The molecule has 4 heteroatoms. The van der Waals surface area contributed by atoms with Crippen molar-refractivity contribution in [2.24, 2.45) is 5.73 Å². The van der Waals surface area contributed by atoms with E-state index in [-0.39, 0.29) is 18.0 Å². The number of hydrogen-bond acceptors (Lipinski definition) is 3. The fourth-order valence-electron chi connectivity index (χ4n) is 1.96. The second kappa shape index (κ2) is 18.0. The highest BCUT2D eigenvalue weighted by molar-refractivity contribution is 5.73. The summed E-state index contributed by atoms with van der Waals surface area (Å²) in [6.07, 6.45) is 12.6. The molecule has 1 amide bonds. The molecule has 0 saturated heterocycles. The number of rotatable bonds is 12. The second-order valence-electron chi connectivity index (χ2n) is 5.94. The first-order valence-corrected chi connectivity index (χ1v) is 8.91. The molecule has 0 spiro atoms. The Morgan fingerprint density at radius 3 is 1.64 bits per heavy atom. The van der Waals surface area contributed by atoms with E-state index in [2.05, 4.69) is 6.92 Å². The molecule has 0 aromatic heterocycles. The summed E-state index contributed by atoms with van der Waals surface area (Å²) in [5, 5.41) is 0. The molecule has 4 nitrogen and oxygen atoms in total. The summed E-state index contributed by atoms with van der Waals surface area (Å²) < 4.78 is 4.76. The Morgan fingerprint density at radius 1 is 0.864 bits per heavy atom. The Morgan fingerprint density at radius 2 is 1.32 bits per heavy atom. The number of amides is 1. The Balaban J connectivity index is 0. The van der Waals surface area contributed by atoms with E-state index in [4.69, 9.17) is 10.5 Å². The van der Waals surface area contributed by atoms with Crippen LogP contribution >= 0.6 is 0 Å². The van der Waals surface area contributed by atoms with Crippen LogP contribution in [-0.4, -0.2) is 18.0 Å². The number of ether oxygens (including phenoxy) is 1. The van der Waals surface area contributed by atoms with Gasteiger partial charge in [-0.25, -0.2) is 0 Å². The van der Waals surface area contributed by atoms with Crippen LogP contribution in [0.5, 0.6) is 0 Å². The van der Waals surface area contributed by atoms with Crippen LogP contribution < -0.4 is 5.73 Å². The second-order valence-corrected chi connectivity index (χ2v) is 5.94. The smallest absolute Gasteiger partial charge is 0.305 e. The molecule has 2 N–H and O–H groups in total. The first kappa shape index (κ1) is 23.2. The summed E-state index contributed by atoms with van der Waals surface area (Å²) in [7, 11) is 0. The lowest BCUT2D eigenvalue weighted by atomic mass is 10.1. The molecule has 0 heterocycles. The number of unbranched alkanes of at least 4 members (excludes halogenated alkanes) is 8. The van der Waals surface area contributed by atoms with Gasteiger partial charge < -0.3 is 10.5 Å². The monoisotopic (exact) mass is 315 g/mol. The van der Waals surface area contributed by atoms with Gasteiger partial charge in [0, 0.05) is 12.8 Å². The van der Waals surface area contributed by atoms with E-state index >= 15 is 0 Å². The molecule has 0 aromatic rings. The number of nitrogens with two attached hydrogens (primary N) is 1. The van der Waals surface area contributed by atoms with E-state index in [0.717, 1.165) is 12.8 Å². The number of carbonyl (C=O) groups excluding carboxylic acids is 2. The minimum absolute atomic E-state index is 0.0300. The van der Waals surface area contributed by atoms with Gasteiger partial charge in [-0.3, -0.25) is 9.59 Å². The van der Waals surface area contributed by atoms with Crippen LogP contribution in [0.1, 0.15) is 98.3 Å². The largest absolute Gasteiger partial charge is 0.463 e. The molecule has 0 aliphatic carbocycles. The summed E-state index contributed by atoms with van der Waals surface area (Å²) in [6, 6.07) is 0. The van der Waals surface area contributed by atoms with E-state index in [1.54, 1.807) is 6.92 Å². The van der Waals surface area contributed by atoms with Crippen molar-refractivity contribution in [3.05, 3.63) is 0 Å². The molecule has 0 aliphatic rings. The predicted octanol–water partition coefficient (Wildman–Crippen LogP) is 4.74. The quantitative estimate of drug-likeness (QED) is 0.417. The van der Waals surface area contributed by atoms with E-state index in [1.165, 1.54) is 44.9 Å². The highest BCUT2D eigenvalue weighted by Crippen LogP contribution is 2.10. The standard InChI is InChI=1S/C12H25NO.C6H12O2/c1-2-3-4-5-6-7-8-9-10-11-12(13)14;1-4-6(7)8-5(2)3/h2-11H2,1H3,(H2,13,14);5H,4H2,1-3H3. The predicted molar refractivity (Wildman–Crippen MR) is 92.6 cm³/mol. The van der Waals surface area contributed by atoms with Gasteiger partial charge in [-0.15, -0.1) is 0 Å². The summed E-state index contributed by atoms with van der Waals surface area (Å²) in [6.45, 7) is 7.70. The van der Waals surface area contributed by atoms with E-state index < -0.39 is 0 Å². The third-order valence-corrected chi connectivity index (χ3v) is 3.18. The Bertz CT molecular complexity index is 265. The van der Waals surface area contributed by atoms with Crippen LogP contribution in [0.15, 0.2) is 0 Å². The van der Waals surface area contributed by atoms with Gasteiger partial charge in [0.2, 0.25) is 5.91 Å². The third kappa shape index (κ3) is 24.0. The molecule has 0 aliphatic heterocycles. The van der Waals surface area contributed by atoms with Gasteiger partial charge in [0.15, 0.2) is 0 Å². The van der Waals surface area contributed by atoms with Gasteiger partial charge in [-0.05, 0) is 20.3 Å². The van der Waals surface area contributed by atoms with Crippen LogP contribution in [0.3, 0.4) is 0 Å². The fraction of sp³-hybridized carbons (Fsp3) is 0.889. The van der Waals surface area contributed by atoms with Crippen LogP contribution in [0, 0.1) is 0 Å². The molecule has 132 valence electrons.